The van der Waals surface area contributed by atoms with Crippen molar-refractivity contribution < 1.29 is 13.7 Å². The maximum Gasteiger partial charge on any atom is 0.222 e. The van der Waals surface area contributed by atoms with E-state index in [1.807, 2.05) is 0 Å². The van der Waals surface area contributed by atoms with Gasteiger partial charge in [-0.25, -0.2) is 19.5 Å². The third-order valence-corrected chi connectivity index (χ3v) is 8.73. The lowest BCUT2D eigenvalue weighted by Crippen LogP contribution is -2.18. The molecule has 37 heavy (non-hydrogen) atoms. The van der Waals surface area contributed by atoms with E-state index in [-0.39, 0.29) is 17.8 Å². The summed E-state index contributed by atoms with van der Waals surface area (Å²) in [5.41, 5.74) is 0.893. The van der Waals surface area contributed by atoms with Gasteiger partial charge in [-0.05, 0) is 61.2 Å². The molecule has 0 saturated carbocycles. The normalized spacial score (nSPS) is 16.2. The van der Waals surface area contributed by atoms with Gasteiger partial charge in [0.1, 0.15) is 12.1 Å². The van der Waals surface area contributed by atoms with Crippen LogP contribution in [-0.2, 0) is 20.3 Å². The van der Waals surface area contributed by atoms with Crippen molar-refractivity contribution in [3.63, 3.8) is 0 Å². The molecule has 1 aromatic carbocycles. The van der Waals surface area contributed by atoms with Gasteiger partial charge < -0.3 is 10.1 Å². The number of ether oxygens (including phenoxy) is 1. The molecule has 1 fully saturated rings. The standard InChI is InChI=1S/C25H21ClN6O3S2/c1-15(33)30-19-13-16(10-11-28-19)22-21(27-2)24(37(34)18-8-6-17(26)7-9-18)23(36-22)25-29-14-32(31-25)20-5-3-4-12-35-20/h6-11,13-14,20H,3-5,12H2,1H3,(H,28,30,33). The zero-order valence-electron chi connectivity index (χ0n) is 19.7. The number of hydrogen-bond acceptors (Lipinski definition) is 7. The van der Waals surface area contributed by atoms with Crippen molar-refractivity contribution in [2.45, 2.75) is 42.2 Å². The number of nitrogens with one attached hydrogen (secondary N) is 1. The summed E-state index contributed by atoms with van der Waals surface area (Å²) < 4.78 is 21.4. The lowest BCUT2D eigenvalue weighted by molar-refractivity contribution is -0.114. The van der Waals surface area contributed by atoms with Gasteiger partial charge in [0.15, 0.2) is 12.1 Å². The highest BCUT2D eigenvalue weighted by Gasteiger charge is 2.29. The average Bonchev–Trinajstić information content (AvgIpc) is 3.54. The topological polar surface area (TPSA) is 103 Å². The van der Waals surface area contributed by atoms with E-state index < -0.39 is 10.8 Å². The maximum atomic E-state index is 13.9. The maximum absolute atomic E-state index is 13.9. The highest BCUT2D eigenvalue weighted by atomic mass is 35.5. The number of hydrogen-bond donors (Lipinski definition) is 1. The van der Waals surface area contributed by atoms with E-state index in [4.69, 9.17) is 22.9 Å². The van der Waals surface area contributed by atoms with Crippen LogP contribution in [0.15, 0.2) is 58.7 Å². The Balaban J connectivity index is 1.65. The summed E-state index contributed by atoms with van der Waals surface area (Å²) in [5.74, 6) is 0.461. The fraction of sp³-hybridized carbons (Fsp3) is 0.240. The minimum absolute atomic E-state index is 0.208. The van der Waals surface area contributed by atoms with Gasteiger partial charge in [-0.3, -0.25) is 9.00 Å². The zero-order valence-corrected chi connectivity index (χ0v) is 22.1. The van der Waals surface area contributed by atoms with Crippen molar-refractivity contribution in [3.05, 3.63) is 65.4 Å². The molecule has 0 aliphatic carbocycles. The highest BCUT2D eigenvalue weighted by Crippen LogP contribution is 2.49. The van der Waals surface area contributed by atoms with Crippen LogP contribution >= 0.6 is 22.9 Å². The smallest absolute Gasteiger partial charge is 0.222 e. The first-order chi connectivity index (χ1) is 17.9. The zero-order chi connectivity index (χ0) is 25.9. The molecule has 1 N–H and O–H groups in total. The van der Waals surface area contributed by atoms with Crippen molar-refractivity contribution in [2.75, 3.05) is 11.9 Å². The lowest BCUT2D eigenvalue weighted by atomic mass is 10.2. The van der Waals surface area contributed by atoms with E-state index in [0.717, 1.165) is 19.3 Å². The quantitative estimate of drug-likeness (QED) is 0.290. The molecular weight excluding hydrogens is 532 g/mol. The van der Waals surface area contributed by atoms with Crippen LogP contribution in [0, 0.1) is 6.57 Å². The van der Waals surface area contributed by atoms with Gasteiger partial charge in [0.05, 0.1) is 27.1 Å². The van der Waals surface area contributed by atoms with Crippen LogP contribution in [0.3, 0.4) is 0 Å². The molecule has 0 spiro atoms. The SMILES string of the molecule is [C-]#[N+]c1c(-c2ccnc(NC(C)=O)c2)sc(-c2ncn(C3CCCCO3)n2)c1S(=O)c1ccc(Cl)cc1. The summed E-state index contributed by atoms with van der Waals surface area (Å²) in [6.07, 6.45) is 5.83. The number of amides is 1. The number of anilines is 1. The number of pyridine rings is 1. The predicted octanol–water partition coefficient (Wildman–Crippen LogP) is 6.10. The van der Waals surface area contributed by atoms with E-state index >= 15 is 0 Å². The van der Waals surface area contributed by atoms with Gasteiger partial charge in [-0.2, -0.15) is 0 Å². The summed E-state index contributed by atoms with van der Waals surface area (Å²) in [6, 6.07) is 10.1. The molecule has 0 bridgehead atoms. The minimum Gasteiger partial charge on any atom is -0.356 e. The van der Waals surface area contributed by atoms with Crippen molar-refractivity contribution in [1.82, 2.24) is 19.7 Å². The number of carbonyl (C=O) groups excluding carboxylic acids is 1. The minimum atomic E-state index is -1.71. The Bertz CT molecular complexity index is 1520. The molecule has 1 saturated heterocycles. The van der Waals surface area contributed by atoms with Crippen LogP contribution in [0.5, 0.6) is 0 Å². The van der Waals surface area contributed by atoms with Crippen molar-refractivity contribution >= 4 is 51.1 Å². The van der Waals surface area contributed by atoms with Crippen LogP contribution in [0.25, 0.3) is 26.0 Å². The summed E-state index contributed by atoms with van der Waals surface area (Å²) in [5, 5.41) is 7.84. The predicted molar refractivity (Wildman–Crippen MR) is 142 cm³/mol. The molecule has 4 heterocycles. The molecule has 4 aromatic rings. The largest absolute Gasteiger partial charge is 0.356 e. The number of nitrogens with zero attached hydrogens (tertiary/aromatic N) is 5. The lowest BCUT2D eigenvalue weighted by Gasteiger charge is -2.21. The number of thiophene rings is 1. The van der Waals surface area contributed by atoms with Gasteiger partial charge in [0.2, 0.25) is 11.6 Å². The molecule has 2 atom stereocenters. The van der Waals surface area contributed by atoms with Gasteiger partial charge in [0.25, 0.3) is 0 Å². The molecule has 9 nitrogen and oxygen atoms in total. The van der Waals surface area contributed by atoms with Gasteiger partial charge in [0, 0.05) is 34.5 Å². The van der Waals surface area contributed by atoms with Gasteiger partial charge in [-0.1, -0.05) is 11.6 Å². The number of aromatic nitrogens is 4. The molecular formula is C25H21ClN6O3S2. The molecule has 0 radical (unpaired) electrons. The van der Waals surface area contributed by atoms with Crippen LogP contribution < -0.4 is 5.32 Å². The summed E-state index contributed by atoms with van der Waals surface area (Å²) in [7, 11) is -1.71. The summed E-state index contributed by atoms with van der Waals surface area (Å²) in [4.78, 5) is 26.0. The second kappa shape index (κ2) is 10.9. The van der Waals surface area contributed by atoms with E-state index in [0.29, 0.717) is 48.4 Å². The monoisotopic (exact) mass is 552 g/mol. The number of rotatable bonds is 6. The van der Waals surface area contributed by atoms with Gasteiger partial charge >= 0.3 is 0 Å². The summed E-state index contributed by atoms with van der Waals surface area (Å²) in [6.45, 7) is 10.1. The molecule has 12 heteroatoms. The average molecular weight is 553 g/mol. The third kappa shape index (κ3) is 5.33. The second-order valence-corrected chi connectivity index (χ2v) is 11.1. The van der Waals surface area contributed by atoms with Crippen molar-refractivity contribution in [2.24, 2.45) is 0 Å². The Labute approximate surface area is 224 Å². The molecule has 2 unspecified atom stereocenters. The molecule has 1 aliphatic heterocycles. The van der Waals surface area contributed by atoms with Crippen molar-refractivity contribution in [3.8, 4) is 21.1 Å². The Hall–Kier alpha value is -3.43. The van der Waals surface area contributed by atoms with Crippen LogP contribution in [0.4, 0.5) is 11.5 Å². The first-order valence-corrected chi connectivity index (χ1v) is 13.8. The third-order valence-electron chi connectivity index (χ3n) is 5.65. The highest BCUT2D eigenvalue weighted by molar-refractivity contribution is 7.85. The Morgan fingerprint density at radius 3 is 2.76 bits per heavy atom. The van der Waals surface area contributed by atoms with E-state index in [1.54, 1.807) is 53.6 Å². The molecule has 5 rings (SSSR count). The van der Waals surface area contributed by atoms with E-state index in [1.165, 1.54) is 18.3 Å². The first kappa shape index (κ1) is 25.2. The second-order valence-electron chi connectivity index (χ2n) is 8.25. The number of benzene rings is 1. The molecule has 1 amide bonds. The van der Waals surface area contributed by atoms with Crippen molar-refractivity contribution in [1.29, 1.82) is 0 Å². The van der Waals surface area contributed by atoms with Crippen LogP contribution in [0.2, 0.25) is 5.02 Å². The molecule has 3 aromatic heterocycles. The van der Waals surface area contributed by atoms with E-state index in [9.17, 15) is 9.00 Å². The summed E-state index contributed by atoms with van der Waals surface area (Å²) >= 11 is 7.32. The fourth-order valence-electron chi connectivity index (χ4n) is 3.97. The van der Waals surface area contributed by atoms with E-state index in [2.05, 4.69) is 25.2 Å². The fourth-order valence-corrected chi connectivity index (χ4v) is 6.78. The Kier molecular flexibility index (Phi) is 7.43. The molecule has 1 aliphatic rings. The Morgan fingerprint density at radius 1 is 1.24 bits per heavy atom. The van der Waals surface area contributed by atoms with Gasteiger partial charge in [-0.15, -0.1) is 16.4 Å². The molecule has 188 valence electrons. The first-order valence-electron chi connectivity index (χ1n) is 11.4. The van der Waals surface area contributed by atoms with Crippen LogP contribution in [0.1, 0.15) is 32.4 Å². The number of carbonyl (C=O) groups is 1. The van der Waals surface area contributed by atoms with Crippen LogP contribution in [-0.4, -0.2) is 36.5 Å². The Morgan fingerprint density at radius 2 is 2.05 bits per heavy atom. The number of halogens is 1.